The van der Waals surface area contributed by atoms with E-state index < -0.39 is 0 Å². The van der Waals surface area contributed by atoms with Crippen molar-refractivity contribution in [2.24, 2.45) is 5.92 Å². The van der Waals surface area contributed by atoms with E-state index in [4.69, 9.17) is 4.74 Å². The third-order valence-corrected chi connectivity index (χ3v) is 6.51. The molecule has 1 amide bonds. The number of amides is 1. The Morgan fingerprint density at radius 3 is 3.03 bits per heavy atom. The van der Waals surface area contributed by atoms with E-state index in [9.17, 15) is 4.79 Å². The summed E-state index contributed by atoms with van der Waals surface area (Å²) in [5.41, 5.74) is 2.20. The summed E-state index contributed by atoms with van der Waals surface area (Å²) in [4.78, 5) is 22.2. The molecule has 2 fully saturated rings. The van der Waals surface area contributed by atoms with Crippen molar-refractivity contribution in [2.75, 3.05) is 39.9 Å². The largest absolute Gasteiger partial charge is 0.385 e. The zero-order valence-electron chi connectivity index (χ0n) is 17.9. The number of rotatable bonds is 8. The van der Waals surface area contributed by atoms with E-state index >= 15 is 0 Å². The van der Waals surface area contributed by atoms with Crippen LogP contribution >= 0.6 is 0 Å². The van der Waals surface area contributed by atoms with Crippen LogP contribution in [0.5, 0.6) is 0 Å². The molecule has 2 aliphatic rings. The van der Waals surface area contributed by atoms with Gasteiger partial charge in [0.2, 0.25) is 0 Å². The number of pyridine rings is 1. The topological polar surface area (TPSA) is 74.3 Å². The number of aromatic nitrogens is 3. The molecule has 2 atom stereocenters. The smallest absolute Gasteiger partial charge is 0.271 e. The maximum Gasteiger partial charge on any atom is 0.271 e. The molecular weight excluding hydrogens is 378 g/mol. The first-order chi connectivity index (χ1) is 14.8. The van der Waals surface area contributed by atoms with Crippen LogP contribution in [-0.4, -0.2) is 76.8 Å². The number of nitrogens with zero attached hydrogens (tertiary/aromatic N) is 4. The fraction of sp³-hybridized carbons (Fsp3) is 0.609. The molecule has 2 aromatic rings. The van der Waals surface area contributed by atoms with Gasteiger partial charge in [-0.3, -0.25) is 14.9 Å². The van der Waals surface area contributed by atoms with Gasteiger partial charge in [-0.2, -0.15) is 5.10 Å². The van der Waals surface area contributed by atoms with Gasteiger partial charge in [0.15, 0.2) is 0 Å². The molecule has 0 radical (unpaired) electrons. The van der Waals surface area contributed by atoms with E-state index in [-0.39, 0.29) is 5.91 Å². The lowest BCUT2D eigenvalue weighted by Gasteiger charge is -2.45. The molecule has 0 spiro atoms. The minimum atomic E-state index is 0.0293. The Balaban J connectivity index is 1.48. The van der Waals surface area contributed by atoms with Crippen molar-refractivity contribution in [3.63, 3.8) is 0 Å². The highest BCUT2D eigenvalue weighted by Gasteiger charge is 2.35. The molecule has 7 heteroatoms. The first-order valence-electron chi connectivity index (χ1n) is 11.2. The second-order valence-electron chi connectivity index (χ2n) is 8.51. The average molecular weight is 412 g/mol. The maximum absolute atomic E-state index is 13.4. The Bertz CT molecular complexity index is 807. The van der Waals surface area contributed by atoms with Gasteiger partial charge in [0.1, 0.15) is 5.69 Å². The van der Waals surface area contributed by atoms with E-state index in [0.29, 0.717) is 30.8 Å². The Hall–Kier alpha value is -2.25. The normalized spacial score (nSPS) is 21.9. The van der Waals surface area contributed by atoms with Gasteiger partial charge in [0.05, 0.1) is 5.69 Å². The van der Waals surface area contributed by atoms with Crippen LogP contribution in [0.1, 0.15) is 49.0 Å². The van der Waals surface area contributed by atoms with Crippen molar-refractivity contribution in [3.8, 4) is 11.3 Å². The first kappa shape index (κ1) is 21.0. The van der Waals surface area contributed by atoms with Crippen LogP contribution in [-0.2, 0) is 4.74 Å². The first-order valence-corrected chi connectivity index (χ1v) is 11.2. The average Bonchev–Trinajstić information content (AvgIpc) is 3.29. The zero-order valence-corrected chi connectivity index (χ0v) is 17.9. The highest BCUT2D eigenvalue weighted by Crippen LogP contribution is 2.31. The molecule has 0 bridgehead atoms. The molecule has 0 unspecified atom stereocenters. The number of piperidine rings is 2. The van der Waals surface area contributed by atoms with Gasteiger partial charge >= 0.3 is 0 Å². The highest BCUT2D eigenvalue weighted by molar-refractivity contribution is 5.93. The number of nitrogens with one attached hydrogen (secondary N) is 1. The molecule has 4 heterocycles. The molecular formula is C23H33N5O2. The van der Waals surface area contributed by atoms with Gasteiger partial charge in [-0.05, 0) is 69.3 Å². The zero-order chi connectivity index (χ0) is 20.8. The van der Waals surface area contributed by atoms with Crippen LogP contribution in [0.2, 0.25) is 0 Å². The van der Waals surface area contributed by atoms with Crippen LogP contribution in [0.4, 0.5) is 0 Å². The summed E-state index contributed by atoms with van der Waals surface area (Å²) in [6.45, 7) is 4.61. The van der Waals surface area contributed by atoms with Crippen LogP contribution in [0.25, 0.3) is 11.3 Å². The minimum absolute atomic E-state index is 0.0293. The number of hydrogen-bond acceptors (Lipinski definition) is 5. The Morgan fingerprint density at radius 2 is 2.20 bits per heavy atom. The molecule has 7 nitrogen and oxygen atoms in total. The third kappa shape index (κ3) is 4.90. The summed E-state index contributed by atoms with van der Waals surface area (Å²) < 4.78 is 5.24. The predicted molar refractivity (Wildman–Crippen MR) is 116 cm³/mol. The van der Waals surface area contributed by atoms with Gasteiger partial charge in [-0.15, -0.1) is 0 Å². The molecule has 2 aliphatic heterocycles. The van der Waals surface area contributed by atoms with Crippen LogP contribution < -0.4 is 0 Å². The second-order valence-corrected chi connectivity index (χ2v) is 8.51. The fourth-order valence-corrected chi connectivity index (χ4v) is 5.01. The number of hydrogen-bond donors (Lipinski definition) is 1. The molecule has 2 saturated heterocycles. The lowest BCUT2D eigenvalue weighted by atomic mass is 9.83. The summed E-state index contributed by atoms with van der Waals surface area (Å²) in [5, 5.41) is 7.31. The number of carbonyl (C=O) groups excluding carboxylic acids is 1. The highest BCUT2D eigenvalue weighted by atomic mass is 16.5. The summed E-state index contributed by atoms with van der Waals surface area (Å²) in [6.07, 6.45) is 10.7. The standard InChI is InChI=1S/C23H33N5O2/c1-30-14-6-13-28(17-19-8-5-12-27-11-3-2-9-22(19)27)23(29)21-15-20(25-26-21)18-7-4-10-24-16-18/h4,7,10,15-16,19,22H,2-3,5-6,8-9,11-14,17H2,1H3,(H,25,26)/t19-,22+/m1/s1. The Kier molecular flexibility index (Phi) is 7.12. The number of carbonyl (C=O) groups is 1. The Morgan fingerprint density at radius 1 is 1.30 bits per heavy atom. The summed E-state index contributed by atoms with van der Waals surface area (Å²) >= 11 is 0. The lowest BCUT2D eigenvalue weighted by molar-refractivity contribution is 0.0344. The second kappa shape index (κ2) is 10.2. The van der Waals surface area contributed by atoms with Crippen molar-refractivity contribution in [3.05, 3.63) is 36.3 Å². The van der Waals surface area contributed by atoms with Crippen molar-refractivity contribution in [1.29, 1.82) is 0 Å². The molecule has 0 aliphatic carbocycles. The molecule has 1 N–H and O–H groups in total. The van der Waals surface area contributed by atoms with Gasteiger partial charge in [0, 0.05) is 50.8 Å². The third-order valence-electron chi connectivity index (χ3n) is 6.51. The van der Waals surface area contributed by atoms with E-state index in [1.54, 1.807) is 19.5 Å². The quantitative estimate of drug-likeness (QED) is 0.675. The van der Waals surface area contributed by atoms with E-state index in [2.05, 4.69) is 20.1 Å². The molecule has 30 heavy (non-hydrogen) atoms. The van der Waals surface area contributed by atoms with Crippen LogP contribution in [0.3, 0.4) is 0 Å². The van der Waals surface area contributed by atoms with E-state index in [1.165, 1.54) is 45.2 Å². The molecule has 162 valence electrons. The van der Waals surface area contributed by atoms with Crippen molar-refractivity contribution < 1.29 is 9.53 Å². The number of methoxy groups -OCH3 is 1. The minimum Gasteiger partial charge on any atom is -0.385 e. The van der Waals surface area contributed by atoms with Gasteiger partial charge < -0.3 is 14.5 Å². The summed E-state index contributed by atoms with van der Waals surface area (Å²) in [6, 6.07) is 6.30. The van der Waals surface area contributed by atoms with Crippen molar-refractivity contribution >= 4 is 5.91 Å². The predicted octanol–water partition coefficient (Wildman–Crippen LogP) is 3.21. The lowest BCUT2D eigenvalue weighted by Crippen LogP contribution is -2.51. The van der Waals surface area contributed by atoms with Crippen molar-refractivity contribution in [2.45, 2.75) is 44.6 Å². The van der Waals surface area contributed by atoms with E-state index in [0.717, 1.165) is 24.2 Å². The number of ether oxygens (including phenoxy) is 1. The number of aromatic amines is 1. The van der Waals surface area contributed by atoms with Crippen LogP contribution in [0.15, 0.2) is 30.6 Å². The Labute approximate surface area is 178 Å². The molecule has 4 rings (SSSR count). The molecule has 0 saturated carbocycles. The monoisotopic (exact) mass is 411 g/mol. The molecule has 2 aromatic heterocycles. The maximum atomic E-state index is 13.4. The van der Waals surface area contributed by atoms with Gasteiger partial charge in [0.25, 0.3) is 5.91 Å². The number of H-pyrrole nitrogens is 1. The van der Waals surface area contributed by atoms with Gasteiger partial charge in [-0.1, -0.05) is 6.42 Å². The SMILES string of the molecule is COCCCN(C[C@H]1CCCN2CCCC[C@@H]12)C(=O)c1cc(-c2cccnc2)n[nH]1. The summed E-state index contributed by atoms with van der Waals surface area (Å²) in [7, 11) is 1.71. The van der Waals surface area contributed by atoms with Gasteiger partial charge in [-0.25, -0.2) is 0 Å². The fourth-order valence-electron chi connectivity index (χ4n) is 5.01. The summed E-state index contributed by atoms with van der Waals surface area (Å²) in [5.74, 6) is 0.577. The number of fused-ring (bicyclic) bond motifs is 1. The van der Waals surface area contributed by atoms with Crippen molar-refractivity contribution in [1.82, 2.24) is 25.0 Å². The van der Waals surface area contributed by atoms with Crippen LogP contribution in [0, 0.1) is 5.92 Å². The van der Waals surface area contributed by atoms with E-state index in [1.807, 2.05) is 23.1 Å². The molecule has 0 aromatic carbocycles.